The molecule has 0 aromatic heterocycles. The van der Waals surface area contributed by atoms with Gasteiger partial charge in [0.25, 0.3) is 6.57 Å². The summed E-state index contributed by atoms with van der Waals surface area (Å²) in [4.78, 5) is 15.7. The highest BCUT2D eigenvalue weighted by atomic mass is 32.2. The third-order valence-electron chi connectivity index (χ3n) is 3.16. The van der Waals surface area contributed by atoms with Crippen LogP contribution in [0.25, 0.3) is 4.85 Å². The molecule has 0 amide bonds. The first-order valence-electron chi connectivity index (χ1n) is 5.16. The second kappa shape index (κ2) is 3.90. The van der Waals surface area contributed by atoms with Gasteiger partial charge < -0.3 is 4.74 Å². The lowest BCUT2D eigenvalue weighted by Gasteiger charge is -2.15. The molecule has 1 saturated carbocycles. The van der Waals surface area contributed by atoms with Crippen LogP contribution in [0.5, 0.6) is 0 Å². The van der Waals surface area contributed by atoms with Gasteiger partial charge in [0, 0.05) is 11.7 Å². The Bertz CT molecular complexity index is 347. The molecule has 0 saturated heterocycles. The van der Waals surface area contributed by atoms with E-state index in [1.165, 1.54) is 0 Å². The largest absolute Gasteiger partial charge is 0.460 e. The molecule has 2 rings (SSSR count). The van der Waals surface area contributed by atoms with Crippen molar-refractivity contribution >= 4 is 17.7 Å². The predicted octanol–water partition coefficient (Wildman–Crippen LogP) is 2.29. The second-order valence-electron chi connectivity index (χ2n) is 3.84. The first kappa shape index (κ1) is 10.6. The average molecular weight is 224 g/mol. The van der Waals surface area contributed by atoms with E-state index >= 15 is 0 Å². The Kier molecular flexibility index (Phi) is 2.74. The summed E-state index contributed by atoms with van der Waals surface area (Å²) in [6.07, 6.45) is 3.71. The first-order chi connectivity index (χ1) is 7.24. The number of carbonyl (C=O) groups is 1. The Labute approximate surface area is 93.7 Å². The van der Waals surface area contributed by atoms with Gasteiger partial charge in [0.05, 0.1) is 12.5 Å². The molecule has 1 aliphatic carbocycles. The van der Waals surface area contributed by atoms with Gasteiger partial charge in [-0.2, -0.15) is 0 Å². The summed E-state index contributed by atoms with van der Waals surface area (Å²) in [7, 11) is 0. The van der Waals surface area contributed by atoms with E-state index in [9.17, 15) is 4.79 Å². The fraction of sp³-hybridized carbons (Fsp3) is 0.636. The van der Waals surface area contributed by atoms with Gasteiger partial charge in [-0.25, -0.2) is 4.79 Å². The van der Waals surface area contributed by atoms with E-state index in [0.29, 0.717) is 18.3 Å². The summed E-state index contributed by atoms with van der Waals surface area (Å²) in [5.74, 6) is -0.154. The number of ether oxygens (including phenoxy) is 1. The lowest BCUT2D eigenvalue weighted by Crippen LogP contribution is -2.41. The van der Waals surface area contributed by atoms with Crippen molar-refractivity contribution in [3.05, 3.63) is 16.3 Å². The molecular formula is C11H14NO2S+. The van der Waals surface area contributed by atoms with Gasteiger partial charge in [-0.05, 0) is 18.8 Å². The minimum Gasteiger partial charge on any atom is -0.460 e. The molecule has 0 unspecified atom stereocenters. The van der Waals surface area contributed by atoms with E-state index < -0.39 is 5.54 Å². The maximum Gasteiger partial charge on any atom is 0.398 e. The molecule has 15 heavy (non-hydrogen) atoms. The molecule has 3 atom stereocenters. The highest BCUT2D eigenvalue weighted by Crippen LogP contribution is 2.50. The molecular weight excluding hydrogens is 210 g/mol. The number of esters is 1. The van der Waals surface area contributed by atoms with Crippen LogP contribution >= 0.6 is 11.8 Å². The predicted molar refractivity (Wildman–Crippen MR) is 60.9 cm³/mol. The van der Waals surface area contributed by atoms with Crippen molar-refractivity contribution in [3.8, 4) is 6.57 Å². The number of hydrogen-bond donors (Lipinski definition) is 0. The van der Waals surface area contributed by atoms with Crippen LogP contribution < -0.4 is 0 Å². The monoisotopic (exact) mass is 224 g/mol. The summed E-state index contributed by atoms with van der Waals surface area (Å²) >= 11 is 1.76. The Morgan fingerprint density at radius 3 is 3.27 bits per heavy atom. The van der Waals surface area contributed by atoms with Gasteiger partial charge >= 0.3 is 11.5 Å². The Hall–Kier alpha value is -0.950. The van der Waals surface area contributed by atoms with Crippen LogP contribution in [0.2, 0.25) is 0 Å². The molecule has 2 aliphatic rings. The topological polar surface area (TPSA) is 30.7 Å². The maximum atomic E-state index is 11.9. The van der Waals surface area contributed by atoms with Crippen LogP contribution in [0.1, 0.15) is 19.8 Å². The molecule has 3 nitrogen and oxygen atoms in total. The van der Waals surface area contributed by atoms with Crippen LogP contribution in [0.4, 0.5) is 0 Å². The van der Waals surface area contributed by atoms with Crippen molar-refractivity contribution in [1.82, 2.24) is 0 Å². The van der Waals surface area contributed by atoms with Crippen LogP contribution in [0.3, 0.4) is 0 Å². The average Bonchev–Trinajstić information content (AvgIpc) is 2.78. The Morgan fingerprint density at radius 2 is 2.60 bits per heavy atom. The summed E-state index contributed by atoms with van der Waals surface area (Å²) in [6, 6.07) is 0. The maximum absolute atomic E-state index is 11.9. The molecule has 80 valence electrons. The Balaban J connectivity index is 2.26. The highest BCUT2D eigenvalue weighted by Gasteiger charge is 2.64. The van der Waals surface area contributed by atoms with E-state index in [-0.39, 0.29) is 11.9 Å². The number of carbonyl (C=O) groups excluding carboxylic acids is 1. The fourth-order valence-corrected chi connectivity index (χ4v) is 3.58. The number of fused-ring (bicyclic) bond motifs is 1. The van der Waals surface area contributed by atoms with Crippen molar-refractivity contribution in [2.75, 3.05) is 6.61 Å². The molecule has 0 aromatic carbocycles. The van der Waals surface area contributed by atoms with Crippen molar-refractivity contribution in [2.45, 2.75) is 30.6 Å². The zero-order valence-electron chi connectivity index (χ0n) is 8.68. The molecule has 0 radical (unpaired) electrons. The standard InChI is InChI=1S/C11H14NO2S/c1-3-14-10(13)11(12-2)6-4-9-8(11)5-7-15-9/h2,5,7-9H,3-4,6H2,1H3/q+1/t8-,9+,11+/m0/s1. The molecule has 0 aromatic rings. The Morgan fingerprint density at radius 1 is 1.80 bits per heavy atom. The number of hydrogen-bond acceptors (Lipinski definition) is 3. The van der Waals surface area contributed by atoms with Gasteiger partial charge in [-0.1, -0.05) is 10.9 Å². The third-order valence-corrected chi connectivity index (χ3v) is 4.35. The van der Waals surface area contributed by atoms with Crippen molar-refractivity contribution in [1.29, 1.82) is 0 Å². The van der Waals surface area contributed by atoms with E-state index in [1.807, 2.05) is 11.5 Å². The fourth-order valence-electron chi connectivity index (χ4n) is 2.38. The summed E-state index contributed by atoms with van der Waals surface area (Å²) in [6.45, 7) is 7.62. The molecule has 0 spiro atoms. The van der Waals surface area contributed by atoms with Gasteiger partial charge in [0.1, 0.15) is 0 Å². The van der Waals surface area contributed by atoms with Crippen LogP contribution in [0, 0.1) is 12.5 Å². The first-order valence-corrected chi connectivity index (χ1v) is 6.10. The van der Waals surface area contributed by atoms with Crippen molar-refractivity contribution in [3.63, 3.8) is 0 Å². The molecule has 4 heteroatoms. The zero-order valence-corrected chi connectivity index (χ0v) is 9.50. The number of nitrogens with zero attached hydrogens (tertiary/aromatic N) is 1. The number of thioether (sulfide) groups is 1. The van der Waals surface area contributed by atoms with Crippen molar-refractivity contribution in [2.24, 2.45) is 5.92 Å². The molecule has 1 heterocycles. The van der Waals surface area contributed by atoms with Gasteiger partial charge in [-0.3, -0.25) is 0 Å². The SMILES string of the molecule is C#[N+][C@]1(C(=O)OCC)CC[C@H]2SC=C[C@@H]21. The minimum absolute atomic E-state index is 0.117. The molecule has 1 fully saturated rings. The lowest BCUT2D eigenvalue weighted by atomic mass is 9.88. The minimum atomic E-state index is -0.819. The molecule has 0 N–H and O–H groups in total. The summed E-state index contributed by atoms with van der Waals surface area (Å²) in [5, 5.41) is 2.48. The zero-order chi connectivity index (χ0) is 10.9. The van der Waals surface area contributed by atoms with Crippen LogP contribution in [-0.4, -0.2) is 23.4 Å². The lowest BCUT2D eigenvalue weighted by molar-refractivity contribution is -0.148. The van der Waals surface area contributed by atoms with E-state index in [4.69, 9.17) is 11.3 Å². The van der Waals surface area contributed by atoms with E-state index in [2.05, 4.69) is 4.85 Å². The highest BCUT2D eigenvalue weighted by molar-refractivity contribution is 8.03. The number of rotatable bonds is 2. The van der Waals surface area contributed by atoms with Crippen molar-refractivity contribution < 1.29 is 9.53 Å². The van der Waals surface area contributed by atoms with E-state index in [0.717, 1.165) is 6.42 Å². The third kappa shape index (κ3) is 1.46. The van der Waals surface area contributed by atoms with E-state index in [1.54, 1.807) is 18.7 Å². The van der Waals surface area contributed by atoms with Gasteiger partial charge in [0.15, 0.2) is 0 Å². The quantitative estimate of drug-likeness (QED) is 0.674. The van der Waals surface area contributed by atoms with Gasteiger partial charge in [-0.15, -0.1) is 11.8 Å². The van der Waals surface area contributed by atoms with Crippen LogP contribution in [-0.2, 0) is 9.53 Å². The second-order valence-corrected chi connectivity index (χ2v) is 4.99. The smallest absolute Gasteiger partial charge is 0.398 e. The van der Waals surface area contributed by atoms with Crippen LogP contribution in [0.15, 0.2) is 11.5 Å². The summed E-state index contributed by atoms with van der Waals surface area (Å²) in [5.41, 5.74) is -0.819. The van der Waals surface area contributed by atoms with Gasteiger partial charge in [0.2, 0.25) is 0 Å². The molecule has 0 bridgehead atoms. The molecule has 1 aliphatic heterocycles. The summed E-state index contributed by atoms with van der Waals surface area (Å²) < 4.78 is 5.07. The normalized spacial score (nSPS) is 37.3.